The lowest BCUT2D eigenvalue weighted by Crippen LogP contribution is -2.44. The van der Waals surface area contributed by atoms with E-state index in [0.717, 1.165) is 4.31 Å². The molecule has 0 bridgehead atoms. The molecule has 0 spiro atoms. The van der Waals surface area contributed by atoms with Gasteiger partial charge in [-0.1, -0.05) is 11.6 Å². The number of nitrogens with zero attached hydrogens (tertiary/aromatic N) is 1. The maximum absolute atomic E-state index is 12.8. The first-order valence-electron chi connectivity index (χ1n) is 6.24. The first-order valence-corrected chi connectivity index (χ1v) is 8.06. The molecule has 0 aliphatic carbocycles. The third-order valence-electron chi connectivity index (χ3n) is 3.44. The van der Waals surface area contributed by atoms with E-state index in [2.05, 4.69) is 0 Å². The van der Waals surface area contributed by atoms with Crippen molar-refractivity contribution >= 4 is 27.3 Å². The lowest BCUT2D eigenvalue weighted by atomic mass is 9.99. The molecule has 9 heteroatoms. The van der Waals surface area contributed by atoms with Gasteiger partial charge in [0, 0.05) is 18.1 Å². The van der Waals surface area contributed by atoms with Crippen molar-refractivity contribution in [1.82, 2.24) is 4.31 Å². The standard InChI is InChI=1S/C12H14ClF3N2O2S/c13-9-3-4-11(10(17)6-9)21(19,20)18-5-1-2-8(7-18)12(14,15)16/h3-4,6,8H,1-2,5,7,17H2. The molecule has 1 heterocycles. The minimum absolute atomic E-state index is 0.0526. The summed E-state index contributed by atoms with van der Waals surface area (Å²) >= 11 is 5.70. The van der Waals surface area contributed by atoms with Crippen LogP contribution in [0.2, 0.25) is 5.02 Å². The van der Waals surface area contributed by atoms with Gasteiger partial charge in [-0.05, 0) is 31.0 Å². The Morgan fingerprint density at radius 3 is 2.57 bits per heavy atom. The first kappa shape index (κ1) is 16.4. The van der Waals surface area contributed by atoms with Crippen LogP contribution in [0.25, 0.3) is 0 Å². The molecule has 1 atom stereocenters. The van der Waals surface area contributed by atoms with E-state index in [0.29, 0.717) is 0 Å². The Morgan fingerprint density at radius 2 is 2.00 bits per heavy atom. The minimum atomic E-state index is -4.40. The van der Waals surface area contributed by atoms with E-state index in [4.69, 9.17) is 17.3 Å². The van der Waals surface area contributed by atoms with E-state index in [1.165, 1.54) is 18.2 Å². The summed E-state index contributed by atoms with van der Waals surface area (Å²) in [7, 11) is -4.05. The molecule has 1 aliphatic heterocycles. The summed E-state index contributed by atoms with van der Waals surface area (Å²) in [6.45, 7) is -0.523. The van der Waals surface area contributed by atoms with E-state index in [-0.39, 0.29) is 35.0 Å². The van der Waals surface area contributed by atoms with Crippen molar-refractivity contribution in [2.45, 2.75) is 23.9 Å². The normalized spacial score (nSPS) is 21.4. The van der Waals surface area contributed by atoms with Crippen LogP contribution in [0, 0.1) is 5.92 Å². The number of rotatable bonds is 2. The lowest BCUT2D eigenvalue weighted by Gasteiger charge is -2.33. The number of nitrogen functional groups attached to an aromatic ring is 1. The van der Waals surface area contributed by atoms with Gasteiger partial charge >= 0.3 is 6.18 Å². The molecule has 2 rings (SSSR count). The number of nitrogens with two attached hydrogens (primary N) is 1. The number of hydrogen-bond acceptors (Lipinski definition) is 3. The fraction of sp³-hybridized carbons (Fsp3) is 0.500. The SMILES string of the molecule is Nc1cc(Cl)ccc1S(=O)(=O)N1CCCC(C(F)(F)F)C1. The highest BCUT2D eigenvalue weighted by Gasteiger charge is 2.44. The second-order valence-corrected chi connectivity index (χ2v) is 7.27. The summed E-state index contributed by atoms with van der Waals surface area (Å²) in [5.41, 5.74) is 5.55. The Kier molecular flexibility index (Phi) is 4.41. The van der Waals surface area contributed by atoms with Gasteiger partial charge in [-0.2, -0.15) is 17.5 Å². The van der Waals surface area contributed by atoms with Crippen LogP contribution in [0.3, 0.4) is 0 Å². The number of anilines is 1. The predicted molar refractivity (Wildman–Crippen MR) is 73.4 cm³/mol. The average Bonchev–Trinajstić information content (AvgIpc) is 2.37. The fourth-order valence-corrected chi connectivity index (χ4v) is 4.12. The molecular formula is C12H14ClF3N2O2S. The molecule has 0 saturated carbocycles. The molecule has 0 radical (unpaired) electrons. The van der Waals surface area contributed by atoms with Crippen LogP contribution in [0.5, 0.6) is 0 Å². The summed E-state index contributed by atoms with van der Waals surface area (Å²) < 4.78 is 64.0. The Morgan fingerprint density at radius 1 is 1.33 bits per heavy atom. The van der Waals surface area contributed by atoms with Crippen molar-refractivity contribution in [3.8, 4) is 0 Å². The van der Waals surface area contributed by atoms with Crippen LogP contribution in [-0.4, -0.2) is 32.0 Å². The molecule has 1 aromatic rings. The average molecular weight is 343 g/mol. The van der Waals surface area contributed by atoms with Crippen LogP contribution in [0.15, 0.2) is 23.1 Å². The number of benzene rings is 1. The zero-order valence-corrected chi connectivity index (χ0v) is 12.5. The van der Waals surface area contributed by atoms with Crippen LogP contribution in [0.4, 0.5) is 18.9 Å². The summed E-state index contributed by atoms with van der Waals surface area (Å²) in [6, 6.07) is 3.82. The summed E-state index contributed by atoms with van der Waals surface area (Å²) in [6.07, 6.45) is -4.30. The highest BCUT2D eigenvalue weighted by molar-refractivity contribution is 7.89. The van der Waals surface area contributed by atoms with Gasteiger partial charge in [-0.15, -0.1) is 0 Å². The summed E-state index contributed by atoms with van der Waals surface area (Å²) in [4.78, 5) is -0.213. The summed E-state index contributed by atoms with van der Waals surface area (Å²) in [5.74, 6) is -1.64. The zero-order valence-electron chi connectivity index (χ0n) is 10.9. The van der Waals surface area contributed by atoms with Crippen molar-refractivity contribution < 1.29 is 21.6 Å². The van der Waals surface area contributed by atoms with Gasteiger partial charge in [-0.25, -0.2) is 8.42 Å². The number of sulfonamides is 1. The van der Waals surface area contributed by atoms with Gasteiger partial charge in [-0.3, -0.25) is 0 Å². The van der Waals surface area contributed by atoms with Crippen LogP contribution >= 0.6 is 11.6 Å². The molecule has 2 N–H and O–H groups in total. The van der Waals surface area contributed by atoms with Crippen molar-refractivity contribution in [2.75, 3.05) is 18.8 Å². The maximum atomic E-state index is 12.8. The smallest absolute Gasteiger partial charge is 0.393 e. The molecule has 21 heavy (non-hydrogen) atoms. The zero-order chi connectivity index (χ0) is 15.8. The Labute approximate surface area is 125 Å². The number of alkyl halides is 3. The number of piperidine rings is 1. The molecule has 0 amide bonds. The van der Waals surface area contributed by atoms with Gasteiger partial charge in [0.25, 0.3) is 0 Å². The quantitative estimate of drug-likeness (QED) is 0.840. The number of halogens is 4. The van der Waals surface area contributed by atoms with Crippen LogP contribution in [0.1, 0.15) is 12.8 Å². The Bertz CT molecular complexity index is 634. The molecule has 1 saturated heterocycles. The topological polar surface area (TPSA) is 63.4 Å². The maximum Gasteiger partial charge on any atom is 0.393 e. The minimum Gasteiger partial charge on any atom is -0.398 e. The molecule has 1 aromatic carbocycles. The second kappa shape index (κ2) is 5.66. The monoisotopic (exact) mass is 342 g/mol. The van der Waals surface area contributed by atoms with Gasteiger partial charge in [0.15, 0.2) is 0 Å². The second-order valence-electron chi connectivity index (χ2n) is 4.93. The van der Waals surface area contributed by atoms with Gasteiger partial charge in [0.05, 0.1) is 11.6 Å². The molecule has 118 valence electrons. The lowest BCUT2D eigenvalue weighted by molar-refractivity contribution is -0.182. The highest BCUT2D eigenvalue weighted by atomic mass is 35.5. The fourth-order valence-electron chi connectivity index (χ4n) is 2.32. The Balaban J connectivity index is 2.31. The van der Waals surface area contributed by atoms with E-state index in [9.17, 15) is 21.6 Å². The molecule has 1 aliphatic rings. The largest absolute Gasteiger partial charge is 0.398 e. The van der Waals surface area contributed by atoms with Crippen molar-refractivity contribution in [1.29, 1.82) is 0 Å². The number of hydrogen-bond donors (Lipinski definition) is 1. The predicted octanol–water partition coefficient (Wildman–Crippen LogP) is 2.89. The van der Waals surface area contributed by atoms with Crippen LogP contribution < -0.4 is 5.73 Å². The molecular weight excluding hydrogens is 329 g/mol. The highest BCUT2D eigenvalue weighted by Crippen LogP contribution is 2.35. The van der Waals surface area contributed by atoms with Gasteiger partial charge < -0.3 is 5.73 Å². The van der Waals surface area contributed by atoms with E-state index in [1.54, 1.807) is 0 Å². The van der Waals surface area contributed by atoms with E-state index >= 15 is 0 Å². The molecule has 1 fully saturated rings. The third-order valence-corrected chi connectivity index (χ3v) is 5.61. The van der Waals surface area contributed by atoms with Crippen molar-refractivity contribution in [2.24, 2.45) is 5.92 Å². The van der Waals surface area contributed by atoms with Crippen molar-refractivity contribution in [3.05, 3.63) is 23.2 Å². The van der Waals surface area contributed by atoms with E-state index in [1.807, 2.05) is 0 Å². The molecule has 0 aromatic heterocycles. The molecule has 1 unspecified atom stereocenters. The molecule has 4 nitrogen and oxygen atoms in total. The first-order chi connectivity index (χ1) is 9.62. The van der Waals surface area contributed by atoms with Gasteiger partial charge in [0.1, 0.15) is 4.90 Å². The summed E-state index contributed by atoms with van der Waals surface area (Å²) in [5, 5.41) is 0.262. The van der Waals surface area contributed by atoms with Crippen LogP contribution in [-0.2, 0) is 10.0 Å². The van der Waals surface area contributed by atoms with E-state index < -0.39 is 28.7 Å². The van der Waals surface area contributed by atoms with Gasteiger partial charge in [0.2, 0.25) is 10.0 Å². The third kappa shape index (κ3) is 3.44. The Hall–Kier alpha value is -0.990. The van der Waals surface area contributed by atoms with Crippen molar-refractivity contribution in [3.63, 3.8) is 0 Å².